The third-order valence-corrected chi connectivity index (χ3v) is 1.86. The number of hydrogen-bond donors (Lipinski definition) is 0. The molecule has 0 aliphatic rings. The van der Waals surface area contributed by atoms with Crippen molar-refractivity contribution in [3.05, 3.63) is 41.2 Å². The summed E-state index contributed by atoms with van der Waals surface area (Å²) >= 11 is 3.22. The Kier molecular flexibility index (Phi) is 1.96. The Balaban J connectivity index is 2.45. The summed E-state index contributed by atoms with van der Waals surface area (Å²) in [5.41, 5.74) is 0.989. The van der Waals surface area contributed by atoms with Crippen LogP contribution in [0.15, 0.2) is 45.6 Å². The van der Waals surface area contributed by atoms with E-state index in [1.54, 1.807) is 6.26 Å². The minimum Gasteiger partial charge on any atom is -0.443 e. The van der Waals surface area contributed by atoms with Crippen LogP contribution in [0.4, 0.5) is 0 Å². The first kappa shape index (κ1) is 7.55. The maximum absolute atomic E-state index is 5.19. The minimum atomic E-state index is 0.641. The van der Waals surface area contributed by atoms with Gasteiger partial charge in [0.1, 0.15) is 10.9 Å². The lowest BCUT2D eigenvalue weighted by molar-refractivity contribution is 0.574. The van der Waals surface area contributed by atoms with Gasteiger partial charge in [0, 0.05) is 5.56 Å². The van der Waals surface area contributed by atoms with Crippen LogP contribution in [0.3, 0.4) is 0 Å². The van der Waals surface area contributed by atoms with Crippen molar-refractivity contribution in [1.29, 1.82) is 0 Å². The first-order valence-electron chi connectivity index (χ1n) is 3.53. The monoisotopic (exact) mass is 223 g/mol. The maximum atomic E-state index is 5.19. The van der Waals surface area contributed by atoms with Gasteiger partial charge >= 0.3 is 0 Å². The molecule has 0 N–H and O–H groups in total. The van der Waals surface area contributed by atoms with Crippen LogP contribution in [0.5, 0.6) is 0 Å². The zero-order valence-corrected chi connectivity index (χ0v) is 7.78. The third kappa shape index (κ3) is 1.41. The van der Waals surface area contributed by atoms with Crippen LogP contribution in [-0.2, 0) is 0 Å². The van der Waals surface area contributed by atoms with Crippen LogP contribution >= 0.6 is 15.9 Å². The van der Waals surface area contributed by atoms with Gasteiger partial charge < -0.3 is 4.42 Å². The molecule has 1 aromatic carbocycles. The van der Waals surface area contributed by atoms with Crippen LogP contribution in [0.25, 0.3) is 11.5 Å². The van der Waals surface area contributed by atoms with E-state index in [4.69, 9.17) is 4.42 Å². The van der Waals surface area contributed by atoms with Gasteiger partial charge in [-0.05, 0) is 28.1 Å². The zero-order valence-electron chi connectivity index (χ0n) is 6.20. The van der Waals surface area contributed by atoms with Gasteiger partial charge in [-0.3, -0.25) is 0 Å². The quantitative estimate of drug-likeness (QED) is 0.743. The smallest absolute Gasteiger partial charge is 0.227 e. The van der Waals surface area contributed by atoms with E-state index in [9.17, 15) is 0 Å². The van der Waals surface area contributed by atoms with E-state index in [1.165, 1.54) is 0 Å². The normalized spacial score (nSPS) is 10.1. The minimum absolute atomic E-state index is 0.641. The van der Waals surface area contributed by atoms with E-state index in [1.807, 2.05) is 30.3 Å². The van der Waals surface area contributed by atoms with Gasteiger partial charge in [0.2, 0.25) is 5.89 Å². The topological polar surface area (TPSA) is 26.0 Å². The lowest BCUT2D eigenvalue weighted by Crippen LogP contribution is -1.74. The summed E-state index contributed by atoms with van der Waals surface area (Å²) in [6.07, 6.45) is 1.57. The second-order valence-electron chi connectivity index (χ2n) is 2.34. The molecule has 2 aromatic rings. The molecule has 2 rings (SSSR count). The third-order valence-electron chi connectivity index (χ3n) is 1.50. The molecule has 0 radical (unpaired) electrons. The van der Waals surface area contributed by atoms with Crippen LogP contribution in [0.1, 0.15) is 0 Å². The lowest BCUT2D eigenvalue weighted by Gasteiger charge is -1.91. The summed E-state index contributed by atoms with van der Waals surface area (Å²) < 4.78 is 5.92. The Labute approximate surface area is 78.4 Å². The van der Waals surface area contributed by atoms with Crippen molar-refractivity contribution in [2.24, 2.45) is 0 Å². The van der Waals surface area contributed by atoms with E-state index >= 15 is 0 Å². The molecular formula is C9H6BrNO. The van der Waals surface area contributed by atoms with Crippen LogP contribution in [0.2, 0.25) is 0 Å². The molecule has 0 bridgehead atoms. The number of halogens is 1. The summed E-state index contributed by atoms with van der Waals surface area (Å²) in [4.78, 5) is 4.13. The van der Waals surface area contributed by atoms with Crippen molar-refractivity contribution in [2.75, 3.05) is 0 Å². The van der Waals surface area contributed by atoms with Crippen LogP contribution in [-0.4, -0.2) is 4.98 Å². The summed E-state index contributed by atoms with van der Waals surface area (Å²) in [6.45, 7) is 0. The number of hydrogen-bond acceptors (Lipinski definition) is 2. The van der Waals surface area contributed by atoms with Crippen LogP contribution < -0.4 is 0 Å². The predicted molar refractivity (Wildman–Crippen MR) is 49.6 cm³/mol. The molecule has 0 spiro atoms. The van der Waals surface area contributed by atoms with Crippen molar-refractivity contribution < 1.29 is 4.42 Å². The van der Waals surface area contributed by atoms with Gasteiger partial charge in [-0.2, -0.15) is 0 Å². The number of nitrogens with zero attached hydrogens (tertiary/aromatic N) is 1. The SMILES string of the molecule is Brc1coc(-c2ccccc2)n1. The van der Waals surface area contributed by atoms with E-state index < -0.39 is 0 Å². The highest BCUT2D eigenvalue weighted by molar-refractivity contribution is 9.10. The van der Waals surface area contributed by atoms with Gasteiger partial charge in [-0.1, -0.05) is 18.2 Å². The highest BCUT2D eigenvalue weighted by atomic mass is 79.9. The lowest BCUT2D eigenvalue weighted by atomic mass is 10.2. The highest BCUT2D eigenvalue weighted by Crippen LogP contribution is 2.19. The van der Waals surface area contributed by atoms with Crippen molar-refractivity contribution in [3.8, 4) is 11.5 Å². The summed E-state index contributed by atoms with van der Waals surface area (Å²) in [5.74, 6) is 0.641. The molecule has 0 saturated carbocycles. The summed E-state index contributed by atoms with van der Waals surface area (Å²) in [7, 11) is 0. The fourth-order valence-electron chi connectivity index (χ4n) is 0.967. The highest BCUT2D eigenvalue weighted by Gasteiger charge is 2.02. The molecule has 1 heterocycles. The van der Waals surface area contributed by atoms with Crippen molar-refractivity contribution in [1.82, 2.24) is 4.98 Å². The standard InChI is InChI=1S/C9H6BrNO/c10-8-6-12-9(11-8)7-4-2-1-3-5-7/h1-6H. The van der Waals surface area contributed by atoms with Crippen molar-refractivity contribution in [3.63, 3.8) is 0 Å². The maximum Gasteiger partial charge on any atom is 0.227 e. The van der Waals surface area contributed by atoms with Crippen molar-refractivity contribution in [2.45, 2.75) is 0 Å². The van der Waals surface area contributed by atoms with Gasteiger partial charge in [0.05, 0.1) is 0 Å². The number of rotatable bonds is 1. The first-order valence-corrected chi connectivity index (χ1v) is 4.32. The molecule has 0 amide bonds. The Morgan fingerprint density at radius 1 is 1.17 bits per heavy atom. The molecular weight excluding hydrogens is 218 g/mol. The van der Waals surface area contributed by atoms with Gasteiger partial charge in [-0.15, -0.1) is 0 Å². The van der Waals surface area contributed by atoms with Gasteiger partial charge in [0.25, 0.3) is 0 Å². The molecule has 2 nitrogen and oxygen atoms in total. The largest absolute Gasteiger partial charge is 0.443 e. The number of benzene rings is 1. The first-order chi connectivity index (χ1) is 5.86. The molecule has 0 atom stereocenters. The fraction of sp³-hybridized carbons (Fsp3) is 0. The second-order valence-corrected chi connectivity index (χ2v) is 3.15. The summed E-state index contributed by atoms with van der Waals surface area (Å²) in [6, 6.07) is 9.78. The average molecular weight is 224 g/mol. The summed E-state index contributed by atoms with van der Waals surface area (Å²) in [5, 5.41) is 0. The molecule has 0 aliphatic carbocycles. The molecule has 0 unspecified atom stereocenters. The van der Waals surface area contributed by atoms with Gasteiger partial charge in [0.15, 0.2) is 0 Å². The fourth-order valence-corrected chi connectivity index (χ4v) is 1.22. The Morgan fingerprint density at radius 2 is 1.92 bits per heavy atom. The number of aromatic nitrogens is 1. The number of oxazole rings is 1. The average Bonchev–Trinajstić information content (AvgIpc) is 2.54. The van der Waals surface area contributed by atoms with E-state index in [0.717, 1.165) is 10.2 Å². The Morgan fingerprint density at radius 3 is 2.50 bits per heavy atom. The molecule has 0 aliphatic heterocycles. The molecule has 12 heavy (non-hydrogen) atoms. The predicted octanol–water partition coefficient (Wildman–Crippen LogP) is 3.10. The van der Waals surface area contributed by atoms with Gasteiger partial charge in [-0.25, -0.2) is 4.98 Å². The molecule has 1 aromatic heterocycles. The van der Waals surface area contributed by atoms with E-state index in [0.29, 0.717) is 5.89 Å². The van der Waals surface area contributed by atoms with Crippen LogP contribution in [0, 0.1) is 0 Å². The van der Waals surface area contributed by atoms with E-state index in [-0.39, 0.29) is 0 Å². The second kappa shape index (κ2) is 3.11. The van der Waals surface area contributed by atoms with Crippen molar-refractivity contribution >= 4 is 15.9 Å². The zero-order chi connectivity index (χ0) is 8.39. The molecule has 0 saturated heterocycles. The molecule has 60 valence electrons. The molecule has 0 fully saturated rings. The Hall–Kier alpha value is -1.09. The molecule has 3 heteroatoms. The van der Waals surface area contributed by atoms with E-state index in [2.05, 4.69) is 20.9 Å². The Bertz CT molecular complexity index is 369.